The van der Waals surface area contributed by atoms with Gasteiger partial charge in [0.15, 0.2) is 5.82 Å². The van der Waals surface area contributed by atoms with Crippen LogP contribution in [-0.2, 0) is 6.54 Å². The SMILES string of the molecule is N#Cc1cccc(F)c1-c1cc(-n2ccc(N3CC[C@@H](O)C(O)C3)n2)c2c(n1)CNC2=O. The number of aromatic nitrogens is 3. The van der Waals surface area contributed by atoms with Gasteiger partial charge < -0.3 is 20.4 Å². The van der Waals surface area contributed by atoms with E-state index in [4.69, 9.17) is 0 Å². The summed E-state index contributed by atoms with van der Waals surface area (Å²) in [6, 6.07) is 9.51. The molecule has 162 valence electrons. The Morgan fingerprint density at radius 2 is 2.06 bits per heavy atom. The highest BCUT2D eigenvalue weighted by molar-refractivity contribution is 6.01. The molecule has 0 saturated carbocycles. The van der Waals surface area contributed by atoms with Crippen molar-refractivity contribution in [3.63, 3.8) is 0 Å². The van der Waals surface area contributed by atoms with E-state index < -0.39 is 18.0 Å². The second-order valence-corrected chi connectivity index (χ2v) is 7.79. The smallest absolute Gasteiger partial charge is 0.255 e. The number of hydrogen-bond acceptors (Lipinski definition) is 7. The topological polar surface area (TPSA) is 127 Å². The molecule has 5 rings (SSSR count). The van der Waals surface area contributed by atoms with Crippen molar-refractivity contribution in [2.45, 2.75) is 25.2 Å². The van der Waals surface area contributed by atoms with Gasteiger partial charge in [-0.15, -0.1) is 0 Å². The number of hydrogen-bond donors (Lipinski definition) is 3. The summed E-state index contributed by atoms with van der Waals surface area (Å²) in [6.45, 7) is 0.949. The number of aliphatic hydroxyl groups excluding tert-OH is 2. The van der Waals surface area contributed by atoms with Crippen molar-refractivity contribution in [2.75, 3.05) is 18.0 Å². The lowest BCUT2D eigenvalue weighted by Crippen LogP contribution is -2.46. The average Bonchev–Trinajstić information content (AvgIpc) is 3.42. The largest absolute Gasteiger partial charge is 0.390 e. The first kappa shape index (κ1) is 20.1. The minimum atomic E-state index is -0.873. The Bertz CT molecular complexity index is 1270. The molecule has 2 aromatic heterocycles. The van der Waals surface area contributed by atoms with Crippen LogP contribution in [0.25, 0.3) is 16.9 Å². The monoisotopic (exact) mass is 434 g/mol. The zero-order valence-corrected chi connectivity index (χ0v) is 16.9. The highest BCUT2D eigenvalue weighted by Gasteiger charge is 2.30. The summed E-state index contributed by atoms with van der Waals surface area (Å²) in [6.07, 6.45) is 0.444. The van der Waals surface area contributed by atoms with Crippen LogP contribution in [0.5, 0.6) is 0 Å². The van der Waals surface area contributed by atoms with Gasteiger partial charge in [-0.05, 0) is 24.6 Å². The molecule has 3 aromatic rings. The molecule has 1 aromatic carbocycles. The van der Waals surface area contributed by atoms with Crippen LogP contribution in [0, 0.1) is 17.1 Å². The van der Waals surface area contributed by atoms with Crippen LogP contribution in [-0.4, -0.2) is 56.2 Å². The molecule has 0 bridgehead atoms. The molecule has 2 atom stereocenters. The molecular weight excluding hydrogens is 415 g/mol. The predicted octanol–water partition coefficient (Wildman–Crippen LogP) is 1.12. The second kappa shape index (κ2) is 7.71. The Balaban J connectivity index is 1.61. The standard InChI is InChI=1S/C22H19FN6O3/c23-13-3-1-2-12(9-24)20(13)14-8-16(21-15(26-14)10-25-22(21)32)29-7-5-19(27-29)28-6-4-17(30)18(31)11-28/h1-3,5,7-8,17-18,30-31H,4,6,10-11H2,(H,25,32)/t17-,18?/m1/s1. The fourth-order valence-corrected chi connectivity index (χ4v) is 4.14. The van der Waals surface area contributed by atoms with Gasteiger partial charge in [0.2, 0.25) is 0 Å². The van der Waals surface area contributed by atoms with E-state index in [9.17, 15) is 24.7 Å². The van der Waals surface area contributed by atoms with E-state index in [0.29, 0.717) is 35.7 Å². The van der Waals surface area contributed by atoms with Crippen LogP contribution >= 0.6 is 0 Å². The van der Waals surface area contributed by atoms with E-state index in [0.717, 1.165) is 0 Å². The van der Waals surface area contributed by atoms with Crippen molar-refractivity contribution in [3.8, 4) is 23.0 Å². The number of β-amino-alcohol motifs (C(OH)–C–C–N with tert-alkyl or cyclic N) is 1. The summed E-state index contributed by atoms with van der Waals surface area (Å²) in [7, 11) is 0. The summed E-state index contributed by atoms with van der Waals surface area (Å²) in [5.74, 6) is -0.316. The molecule has 3 N–H and O–H groups in total. The number of anilines is 1. The number of halogens is 1. The van der Waals surface area contributed by atoms with Gasteiger partial charge in [-0.3, -0.25) is 4.79 Å². The summed E-state index contributed by atoms with van der Waals surface area (Å²) in [5, 5.41) is 36.5. The Hall–Kier alpha value is -3.81. The lowest BCUT2D eigenvalue weighted by Gasteiger charge is -2.33. The summed E-state index contributed by atoms with van der Waals surface area (Å²) in [5.41, 5.74) is 1.65. The minimum Gasteiger partial charge on any atom is -0.390 e. The summed E-state index contributed by atoms with van der Waals surface area (Å²) in [4.78, 5) is 18.8. The molecule has 10 heteroatoms. The number of fused-ring (bicyclic) bond motifs is 1. The highest BCUT2D eigenvalue weighted by Crippen LogP contribution is 2.31. The van der Waals surface area contributed by atoms with E-state index in [2.05, 4.69) is 15.4 Å². The van der Waals surface area contributed by atoms with Gasteiger partial charge in [-0.1, -0.05) is 6.07 Å². The number of rotatable bonds is 3. The third-order valence-corrected chi connectivity index (χ3v) is 5.80. The lowest BCUT2D eigenvalue weighted by molar-refractivity contribution is 0.00785. The minimum absolute atomic E-state index is 0.0684. The first-order chi connectivity index (χ1) is 15.5. The quantitative estimate of drug-likeness (QED) is 0.564. The number of nitrogens with zero attached hydrogens (tertiary/aromatic N) is 5. The molecule has 32 heavy (non-hydrogen) atoms. The van der Waals surface area contributed by atoms with Crippen molar-refractivity contribution in [1.29, 1.82) is 5.26 Å². The molecule has 0 radical (unpaired) electrons. The van der Waals surface area contributed by atoms with E-state index in [1.165, 1.54) is 22.9 Å². The van der Waals surface area contributed by atoms with Crippen molar-refractivity contribution < 1.29 is 19.4 Å². The maximum atomic E-state index is 14.7. The fourth-order valence-electron chi connectivity index (χ4n) is 4.14. The van der Waals surface area contributed by atoms with Gasteiger partial charge in [0.05, 0.1) is 58.6 Å². The zero-order chi connectivity index (χ0) is 22.4. The highest BCUT2D eigenvalue weighted by atomic mass is 19.1. The predicted molar refractivity (Wildman–Crippen MR) is 111 cm³/mol. The maximum Gasteiger partial charge on any atom is 0.255 e. The summed E-state index contributed by atoms with van der Waals surface area (Å²) < 4.78 is 16.2. The summed E-state index contributed by atoms with van der Waals surface area (Å²) >= 11 is 0. The van der Waals surface area contributed by atoms with Gasteiger partial charge in [0, 0.05) is 25.4 Å². The molecule has 1 saturated heterocycles. The molecular formula is C22H19FN6O3. The molecule has 1 amide bonds. The first-order valence-electron chi connectivity index (χ1n) is 10.1. The van der Waals surface area contributed by atoms with Gasteiger partial charge in [0.1, 0.15) is 5.82 Å². The molecule has 0 spiro atoms. The number of pyridine rings is 1. The van der Waals surface area contributed by atoms with Crippen molar-refractivity contribution >= 4 is 11.7 Å². The van der Waals surface area contributed by atoms with Gasteiger partial charge >= 0.3 is 0 Å². The Morgan fingerprint density at radius 3 is 2.84 bits per heavy atom. The molecule has 0 aliphatic carbocycles. The fraction of sp³-hybridized carbons (Fsp3) is 0.273. The van der Waals surface area contributed by atoms with Crippen molar-refractivity contribution in [2.24, 2.45) is 0 Å². The zero-order valence-electron chi connectivity index (χ0n) is 16.9. The number of benzene rings is 1. The van der Waals surface area contributed by atoms with Crippen molar-refractivity contribution in [1.82, 2.24) is 20.1 Å². The number of amides is 1. The van der Waals surface area contributed by atoms with E-state index in [1.807, 2.05) is 11.0 Å². The Kier molecular flexibility index (Phi) is 4.84. The molecule has 2 aliphatic rings. The van der Waals surface area contributed by atoms with Crippen LogP contribution in [0.15, 0.2) is 36.5 Å². The number of carbonyl (C=O) groups excluding carboxylic acids is 1. The maximum absolute atomic E-state index is 14.7. The average molecular weight is 434 g/mol. The first-order valence-corrected chi connectivity index (χ1v) is 10.1. The van der Waals surface area contributed by atoms with Crippen LogP contribution < -0.4 is 10.2 Å². The number of carbonyl (C=O) groups is 1. The van der Waals surface area contributed by atoms with E-state index >= 15 is 0 Å². The Morgan fingerprint density at radius 1 is 1.22 bits per heavy atom. The normalized spacial score (nSPS) is 20.1. The van der Waals surface area contributed by atoms with Crippen LogP contribution in [0.1, 0.15) is 28.0 Å². The van der Waals surface area contributed by atoms with Crippen LogP contribution in [0.4, 0.5) is 10.2 Å². The van der Waals surface area contributed by atoms with Gasteiger partial charge in [-0.25, -0.2) is 14.1 Å². The van der Waals surface area contributed by atoms with E-state index in [-0.39, 0.29) is 35.8 Å². The number of nitrogens with one attached hydrogen (secondary N) is 1. The Labute approximate surface area is 182 Å². The van der Waals surface area contributed by atoms with Gasteiger partial charge in [0.25, 0.3) is 5.91 Å². The van der Waals surface area contributed by atoms with Crippen molar-refractivity contribution in [3.05, 3.63) is 59.2 Å². The third kappa shape index (κ3) is 3.28. The third-order valence-electron chi connectivity index (χ3n) is 5.80. The lowest BCUT2D eigenvalue weighted by atomic mass is 10.0. The molecule has 4 heterocycles. The number of piperidine rings is 1. The molecule has 1 unspecified atom stereocenters. The number of aliphatic hydroxyl groups is 2. The van der Waals surface area contributed by atoms with Crippen LogP contribution in [0.3, 0.4) is 0 Å². The van der Waals surface area contributed by atoms with E-state index in [1.54, 1.807) is 18.3 Å². The molecule has 9 nitrogen and oxygen atoms in total. The molecule has 1 fully saturated rings. The van der Waals surface area contributed by atoms with Crippen LogP contribution in [0.2, 0.25) is 0 Å². The van der Waals surface area contributed by atoms with Gasteiger partial charge in [-0.2, -0.15) is 10.4 Å². The molecule has 2 aliphatic heterocycles. The second-order valence-electron chi connectivity index (χ2n) is 7.79. The number of nitriles is 1.